The Bertz CT molecular complexity index is 848. The van der Waals surface area contributed by atoms with Crippen LogP contribution in [0.5, 0.6) is 11.8 Å². The van der Waals surface area contributed by atoms with E-state index in [4.69, 9.17) is 21.1 Å². The summed E-state index contributed by atoms with van der Waals surface area (Å²) >= 11 is 6.08. The Morgan fingerprint density at radius 3 is 2.77 bits per heavy atom. The van der Waals surface area contributed by atoms with Crippen molar-refractivity contribution in [2.24, 2.45) is 5.92 Å². The number of benzene rings is 1. The van der Waals surface area contributed by atoms with Crippen molar-refractivity contribution in [2.75, 3.05) is 26.8 Å². The summed E-state index contributed by atoms with van der Waals surface area (Å²) in [5, 5.41) is 0.270. The Balaban J connectivity index is 1.68. The van der Waals surface area contributed by atoms with E-state index >= 15 is 0 Å². The molecule has 2 heterocycles. The van der Waals surface area contributed by atoms with Crippen molar-refractivity contribution in [3.05, 3.63) is 41.7 Å². The number of hydrogen-bond acceptors (Lipinski definition) is 6. The fourth-order valence-electron chi connectivity index (χ4n) is 2.89. The molecule has 7 nitrogen and oxygen atoms in total. The lowest BCUT2D eigenvalue weighted by Gasteiger charge is -2.31. The number of aromatic nitrogens is 2. The zero-order valence-corrected chi connectivity index (χ0v) is 15.9. The van der Waals surface area contributed by atoms with Crippen LogP contribution in [0, 0.1) is 5.92 Å². The van der Waals surface area contributed by atoms with E-state index in [-0.39, 0.29) is 15.8 Å². The molecule has 1 aliphatic rings. The van der Waals surface area contributed by atoms with E-state index < -0.39 is 10.0 Å². The third-order valence-electron chi connectivity index (χ3n) is 4.23. The smallest absolute Gasteiger partial charge is 0.316 e. The van der Waals surface area contributed by atoms with Gasteiger partial charge in [-0.25, -0.2) is 18.4 Å². The fraction of sp³-hybridized carbons (Fsp3) is 0.412. The highest BCUT2D eigenvalue weighted by Crippen LogP contribution is 2.30. The number of hydrogen-bond donors (Lipinski definition) is 0. The number of rotatable bonds is 6. The van der Waals surface area contributed by atoms with Crippen LogP contribution in [-0.2, 0) is 10.0 Å². The maximum absolute atomic E-state index is 12.9. The molecule has 0 amide bonds. The van der Waals surface area contributed by atoms with Crippen molar-refractivity contribution >= 4 is 21.6 Å². The van der Waals surface area contributed by atoms with Crippen LogP contribution in [0.4, 0.5) is 0 Å². The van der Waals surface area contributed by atoms with Crippen molar-refractivity contribution < 1.29 is 17.9 Å². The molecule has 1 aromatic carbocycles. The second-order valence-corrected chi connectivity index (χ2v) is 8.36. The number of methoxy groups -OCH3 is 1. The largest absolute Gasteiger partial charge is 0.495 e. The maximum atomic E-state index is 12.9. The first-order chi connectivity index (χ1) is 12.5. The van der Waals surface area contributed by atoms with Crippen LogP contribution >= 0.6 is 11.6 Å². The number of halogens is 1. The van der Waals surface area contributed by atoms with Gasteiger partial charge in [0.05, 0.1) is 23.6 Å². The number of ether oxygens (including phenoxy) is 2. The minimum Gasteiger partial charge on any atom is -0.495 e. The first kappa shape index (κ1) is 18.9. The summed E-state index contributed by atoms with van der Waals surface area (Å²) < 4.78 is 38.0. The molecule has 0 aliphatic carbocycles. The molecule has 3 rings (SSSR count). The molecule has 1 aromatic heterocycles. The molecule has 0 saturated carbocycles. The van der Waals surface area contributed by atoms with Crippen molar-refractivity contribution in [1.29, 1.82) is 0 Å². The molecule has 26 heavy (non-hydrogen) atoms. The Hall–Kier alpha value is -1.90. The van der Waals surface area contributed by atoms with Gasteiger partial charge in [0.25, 0.3) is 0 Å². The number of nitrogens with zero attached hydrogens (tertiary/aromatic N) is 3. The minimum absolute atomic E-state index is 0.0797. The average Bonchev–Trinajstić information content (AvgIpc) is 2.67. The minimum atomic E-state index is -3.62. The molecular weight excluding hydrogens is 378 g/mol. The van der Waals surface area contributed by atoms with E-state index in [9.17, 15) is 8.42 Å². The monoisotopic (exact) mass is 397 g/mol. The molecule has 140 valence electrons. The van der Waals surface area contributed by atoms with E-state index in [0.29, 0.717) is 31.5 Å². The predicted octanol–water partition coefficient (Wildman–Crippen LogP) is 2.62. The summed E-state index contributed by atoms with van der Waals surface area (Å²) in [5.41, 5.74) is 0. The lowest BCUT2D eigenvalue weighted by atomic mass is 10.0. The molecule has 0 bridgehead atoms. The summed E-state index contributed by atoms with van der Waals surface area (Å²) in [6.45, 7) is 1.24. The zero-order chi connectivity index (χ0) is 18.6. The highest BCUT2D eigenvalue weighted by molar-refractivity contribution is 7.89. The van der Waals surface area contributed by atoms with Crippen LogP contribution in [-0.4, -0.2) is 49.5 Å². The molecule has 9 heteroatoms. The summed E-state index contributed by atoms with van der Waals surface area (Å²) in [5.74, 6) is 0.523. The number of sulfonamides is 1. The highest BCUT2D eigenvalue weighted by atomic mass is 35.5. The standard InChI is InChI=1S/C17H20ClN3O4S/c1-24-16-6-5-14(10-15(16)18)26(22,23)21-9-2-4-13(11-21)12-25-17-19-7-3-8-20-17/h3,5-8,10,13H,2,4,9,11-12H2,1H3. The van der Waals surface area contributed by atoms with E-state index in [1.165, 1.54) is 23.5 Å². The first-order valence-electron chi connectivity index (χ1n) is 8.24. The second kappa shape index (κ2) is 8.20. The third kappa shape index (κ3) is 4.25. The van der Waals surface area contributed by atoms with Crippen molar-refractivity contribution in [1.82, 2.24) is 14.3 Å². The van der Waals surface area contributed by atoms with Crippen molar-refractivity contribution in [3.63, 3.8) is 0 Å². The quantitative estimate of drug-likeness (QED) is 0.745. The molecular formula is C17H20ClN3O4S. The van der Waals surface area contributed by atoms with Crippen LogP contribution in [0.1, 0.15) is 12.8 Å². The summed E-state index contributed by atoms with van der Waals surface area (Å²) in [7, 11) is -2.13. The summed E-state index contributed by atoms with van der Waals surface area (Å²) in [6, 6.07) is 6.51. The summed E-state index contributed by atoms with van der Waals surface area (Å²) in [4.78, 5) is 8.19. The van der Waals surface area contributed by atoms with E-state index in [1.54, 1.807) is 24.5 Å². The predicted molar refractivity (Wildman–Crippen MR) is 97.0 cm³/mol. The second-order valence-electron chi connectivity index (χ2n) is 6.01. The Morgan fingerprint density at radius 2 is 2.08 bits per heavy atom. The van der Waals surface area contributed by atoms with Crippen LogP contribution in [0.25, 0.3) is 0 Å². The van der Waals surface area contributed by atoms with Gasteiger partial charge in [-0.1, -0.05) is 11.6 Å². The zero-order valence-electron chi connectivity index (χ0n) is 14.3. The van der Waals surface area contributed by atoms with Crippen LogP contribution in [0.3, 0.4) is 0 Å². The van der Waals surface area contributed by atoms with Crippen LogP contribution in [0.15, 0.2) is 41.6 Å². The molecule has 1 aliphatic heterocycles. The van der Waals surface area contributed by atoms with Gasteiger partial charge in [-0.3, -0.25) is 0 Å². The molecule has 0 N–H and O–H groups in total. The van der Waals surface area contributed by atoms with Gasteiger partial charge < -0.3 is 9.47 Å². The van der Waals surface area contributed by atoms with Crippen molar-refractivity contribution in [3.8, 4) is 11.8 Å². The Morgan fingerprint density at radius 1 is 1.31 bits per heavy atom. The highest BCUT2D eigenvalue weighted by Gasteiger charge is 2.31. The van der Waals surface area contributed by atoms with Gasteiger partial charge >= 0.3 is 6.01 Å². The normalized spacial score (nSPS) is 18.5. The average molecular weight is 398 g/mol. The van der Waals surface area contributed by atoms with Gasteiger partial charge in [0.2, 0.25) is 10.0 Å². The van der Waals surface area contributed by atoms with Crippen molar-refractivity contribution in [2.45, 2.75) is 17.7 Å². The van der Waals surface area contributed by atoms with Gasteiger partial charge in [-0.05, 0) is 37.1 Å². The molecule has 0 radical (unpaired) electrons. The van der Waals surface area contributed by atoms with Gasteiger partial charge in [0.1, 0.15) is 5.75 Å². The molecule has 0 spiro atoms. The van der Waals surface area contributed by atoms with Crippen LogP contribution < -0.4 is 9.47 Å². The molecule has 1 atom stereocenters. The Labute approximate surface area is 158 Å². The molecule has 1 fully saturated rings. The topological polar surface area (TPSA) is 81.6 Å². The SMILES string of the molecule is COc1ccc(S(=O)(=O)N2CCCC(COc3ncccn3)C2)cc1Cl. The summed E-state index contributed by atoms with van der Waals surface area (Å²) in [6.07, 6.45) is 4.87. The Kier molecular flexibility index (Phi) is 5.95. The molecule has 2 aromatic rings. The van der Waals surface area contributed by atoms with E-state index in [1.807, 2.05) is 0 Å². The fourth-order valence-corrected chi connectivity index (χ4v) is 4.79. The maximum Gasteiger partial charge on any atom is 0.316 e. The van der Waals surface area contributed by atoms with Gasteiger partial charge in [0.15, 0.2) is 0 Å². The number of piperidine rings is 1. The molecule has 1 unspecified atom stereocenters. The van der Waals surface area contributed by atoms with E-state index in [0.717, 1.165) is 12.8 Å². The molecule has 1 saturated heterocycles. The first-order valence-corrected chi connectivity index (χ1v) is 10.1. The van der Waals surface area contributed by atoms with E-state index in [2.05, 4.69) is 9.97 Å². The van der Waals surface area contributed by atoms with Gasteiger partial charge in [-0.15, -0.1) is 0 Å². The van der Waals surface area contributed by atoms with Crippen LogP contribution in [0.2, 0.25) is 5.02 Å². The lowest BCUT2D eigenvalue weighted by molar-refractivity contribution is 0.171. The van der Waals surface area contributed by atoms with Gasteiger partial charge in [0, 0.05) is 31.4 Å². The van der Waals surface area contributed by atoms with Gasteiger partial charge in [-0.2, -0.15) is 4.31 Å². The lowest BCUT2D eigenvalue weighted by Crippen LogP contribution is -2.41. The third-order valence-corrected chi connectivity index (χ3v) is 6.39.